The standard InChI is InChI=1S/C20H21BrN2O2S/c1-20(2,26-16-7-5-15(21)6-8-16)12-22-19(25)14-3-9-17-13(11-14)4-10-18(24)23-17/h3,5-9,11H,4,10,12H2,1-2H3,(H,22,25)(H,23,24). The number of rotatable bonds is 5. The second-order valence-corrected chi connectivity index (χ2v) is 9.61. The Labute approximate surface area is 166 Å². The van der Waals surface area contributed by atoms with Crippen molar-refractivity contribution >= 4 is 45.2 Å². The first-order valence-corrected chi connectivity index (χ1v) is 10.1. The van der Waals surface area contributed by atoms with E-state index in [1.165, 1.54) is 0 Å². The normalized spacial score (nSPS) is 13.7. The molecule has 0 aliphatic carbocycles. The summed E-state index contributed by atoms with van der Waals surface area (Å²) in [5, 5.41) is 5.87. The van der Waals surface area contributed by atoms with Crippen molar-refractivity contribution in [3.63, 3.8) is 0 Å². The summed E-state index contributed by atoms with van der Waals surface area (Å²) in [6, 6.07) is 13.6. The molecule has 6 heteroatoms. The molecule has 26 heavy (non-hydrogen) atoms. The second-order valence-electron chi connectivity index (χ2n) is 6.92. The summed E-state index contributed by atoms with van der Waals surface area (Å²) < 4.78 is 0.919. The van der Waals surface area contributed by atoms with Gasteiger partial charge in [-0.2, -0.15) is 0 Å². The van der Waals surface area contributed by atoms with Gasteiger partial charge in [0.1, 0.15) is 0 Å². The van der Waals surface area contributed by atoms with Crippen LogP contribution >= 0.6 is 27.7 Å². The van der Waals surface area contributed by atoms with E-state index < -0.39 is 0 Å². The molecule has 0 unspecified atom stereocenters. The van der Waals surface area contributed by atoms with Gasteiger partial charge in [-0.15, -0.1) is 11.8 Å². The Bertz CT molecular complexity index is 834. The first-order chi connectivity index (χ1) is 12.3. The average Bonchev–Trinajstić information content (AvgIpc) is 2.61. The lowest BCUT2D eigenvalue weighted by Gasteiger charge is -2.25. The van der Waals surface area contributed by atoms with E-state index in [0.29, 0.717) is 24.9 Å². The maximum atomic E-state index is 12.5. The molecule has 0 saturated carbocycles. The van der Waals surface area contributed by atoms with Gasteiger partial charge in [0.15, 0.2) is 0 Å². The highest BCUT2D eigenvalue weighted by Gasteiger charge is 2.22. The van der Waals surface area contributed by atoms with Gasteiger partial charge in [0.2, 0.25) is 5.91 Å². The van der Waals surface area contributed by atoms with Crippen LogP contribution in [0.2, 0.25) is 0 Å². The van der Waals surface area contributed by atoms with E-state index in [0.717, 1.165) is 20.6 Å². The number of halogens is 1. The van der Waals surface area contributed by atoms with Crippen LogP contribution in [0.25, 0.3) is 0 Å². The van der Waals surface area contributed by atoms with Crippen molar-refractivity contribution in [2.45, 2.75) is 36.3 Å². The maximum Gasteiger partial charge on any atom is 0.251 e. The molecule has 1 aliphatic rings. The van der Waals surface area contributed by atoms with Crippen LogP contribution in [-0.4, -0.2) is 23.1 Å². The lowest BCUT2D eigenvalue weighted by molar-refractivity contribution is -0.116. The van der Waals surface area contributed by atoms with E-state index in [1.54, 1.807) is 17.8 Å². The van der Waals surface area contributed by atoms with E-state index in [-0.39, 0.29) is 16.6 Å². The van der Waals surface area contributed by atoms with Gasteiger partial charge >= 0.3 is 0 Å². The minimum Gasteiger partial charge on any atom is -0.351 e. The lowest BCUT2D eigenvalue weighted by Crippen LogP contribution is -2.36. The van der Waals surface area contributed by atoms with Crippen molar-refractivity contribution in [2.24, 2.45) is 0 Å². The van der Waals surface area contributed by atoms with Gasteiger partial charge in [-0.1, -0.05) is 15.9 Å². The van der Waals surface area contributed by atoms with Crippen molar-refractivity contribution in [3.05, 3.63) is 58.1 Å². The van der Waals surface area contributed by atoms with Crippen molar-refractivity contribution in [3.8, 4) is 0 Å². The molecule has 0 radical (unpaired) electrons. The molecule has 3 rings (SSSR count). The van der Waals surface area contributed by atoms with Crippen LogP contribution < -0.4 is 10.6 Å². The van der Waals surface area contributed by atoms with Crippen LogP contribution in [0.15, 0.2) is 51.8 Å². The summed E-state index contributed by atoms with van der Waals surface area (Å²) in [4.78, 5) is 25.1. The monoisotopic (exact) mass is 432 g/mol. The number of carbonyl (C=O) groups is 2. The quantitative estimate of drug-likeness (QED) is 0.676. The van der Waals surface area contributed by atoms with Gasteiger partial charge in [-0.3, -0.25) is 9.59 Å². The summed E-state index contributed by atoms with van der Waals surface area (Å²) in [6.07, 6.45) is 1.14. The molecular formula is C20H21BrN2O2S. The fourth-order valence-corrected chi connectivity index (χ4v) is 4.10. The zero-order valence-corrected chi connectivity index (χ0v) is 17.2. The number of benzene rings is 2. The minimum absolute atomic E-state index is 0.0291. The molecule has 2 aromatic rings. The largest absolute Gasteiger partial charge is 0.351 e. The molecule has 0 atom stereocenters. The van der Waals surface area contributed by atoms with Gasteiger partial charge in [0, 0.05) is 38.3 Å². The van der Waals surface area contributed by atoms with Crippen LogP contribution in [-0.2, 0) is 11.2 Å². The Morgan fingerprint density at radius 2 is 1.92 bits per heavy atom. The predicted molar refractivity (Wildman–Crippen MR) is 110 cm³/mol. The molecule has 1 aliphatic heterocycles. The fraction of sp³-hybridized carbons (Fsp3) is 0.300. The van der Waals surface area contributed by atoms with Crippen LogP contribution in [0.5, 0.6) is 0 Å². The smallest absolute Gasteiger partial charge is 0.251 e. The summed E-state index contributed by atoms with van der Waals surface area (Å²) in [5.74, 6) is -0.0596. The number of thioether (sulfide) groups is 1. The summed E-state index contributed by atoms with van der Waals surface area (Å²) in [7, 11) is 0. The van der Waals surface area contributed by atoms with Crippen LogP contribution in [0, 0.1) is 0 Å². The van der Waals surface area contributed by atoms with Gasteiger partial charge in [0.05, 0.1) is 0 Å². The number of aryl methyl sites for hydroxylation is 1. The van der Waals surface area contributed by atoms with Crippen molar-refractivity contribution in [2.75, 3.05) is 11.9 Å². The minimum atomic E-state index is -0.133. The Morgan fingerprint density at radius 3 is 2.65 bits per heavy atom. The van der Waals surface area contributed by atoms with Crippen molar-refractivity contribution in [1.82, 2.24) is 5.32 Å². The predicted octanol–water partition coefficient (Wildman–Crippen LogP) is 4.63. The van der Waals surface area contributed by atoms with Crippen LogP contribution in [0.3, 0.4) is 0 Å². The highest BCUT2D eigenvalue weighted by Crippen LogP contribution is 2.32. The van der Waals surface area contributed by atoms with Gasteiger partial charge in [-0.25, -0.2) is 0 Å². The molecule has 2 N–H and O–H groups in total. The van der Waals surface area contributed by atoms with Crippen molar-refractivity contribution in [1.29, 1.82) is 0 Å². The molecular weight excluding hydrogens is 412 g/mol. The first kappa shape index (κ1) is 19.0. The fourth-order valence-electron chi connectivity index (χ4n) is 2.78. The molecule has 0 fully saturated rings. The molecule has 0 saturated heterocycles. The highest BCUT2D eigenvalue weighted by molar-refractivity contribution is 9.10. The number of hydrogen-bond acceptors (Lipinski definition) is 3. The van der Waals surface area contributed by atoms with Crippen molar-refractivity contribution < 1.29 is 9.59 Å². The molecule has 0 bridgehead atoms. The zero-order valence-electron chi connectivity index (χ0n) is 14.8. The molecule has 2 aromatic carbocycles. The molecule has 2 amide bonds. The summed E-state index contributed by atoms with van der Waals surface area (Å²) >= 11 is 5.17. The van der Waals surface area contributed by atoms with Crippen LogP contribution in [0.1, 0.15) is 36.2 Å². The summed E-state index contributed by atoms with van der Waals surface area (Å²) in [5.41, 5.74) is 2.45. The second kappa shape index (κ2) is 7.84. The Morgan fingerprint density at radius 1 is 1.19 bits per heavy atom. The molecule has 0 aromatic heterocycles. The van der Waals surface area contributed by atoms with Gasteiger partial charge < -0.3 is 10.6 Å². The number of fused-ring (bicyclic) bond motifs is 1. The van der Waals surface area contributed by atoms with Gasteiger partial charge in [-0.05, 0) is 68.3 Å². The van der Waals surface area contributed by atoms with Crippen LogP contribution in [0.4, 0.5) is 5.69 Å². The van der Waals surface area contributed by atoms with E-state index >= 15 is 0 Å². The Hall–Kier alpha value is -1.79. The molecule has 0 spiro atoms. The number of hydrogen-bond donors (Lipinski definition) is 2. The van der Waals surface area contributed by atoms with E-state index in [9.17, 15) is 9.59 Å². The number of amides is 2. The first-order valence-electron chi connectivity index (χ1n) is 8.48. The van der Waals surface area contributed by atoms with Gasteiger partial charge in [0.25, 0.3) is 5.91 Å². The third kappa shape index (κ3) is 4.89. The third-order valence-electron chi connectivity index (χ3n) is 4.15. The average molecular weight is 433 g/mol. The lowest BCUT2D eigenvalue weighted by atomic mass is 10.00. The molecule has 136 valence electrons. The SMILES string of the molecule is CC(C)(CNC(=O)c1ccc2c(c1)CCC(=O)N2)Sc1ccc(Br)cc1. The Balaban J connectivity index is 1.61. The number of carbonyl (C=O) groups excluding carboxylic acids is 2. The highest BCUT2D eigenvalue weighted by atomic mass is 79.9. The number of nitrogens with one attached hydrogen (secondary N) is 2. The van der Waals surface area contributed by atoms with E-state index in [4.69, 9.17) is 0 Å². The molecule has 4 nitrogen and oxygen atoms in total. The number of anilines is 1. The van der Waals surface area contributed by atoms with E-state index in [1.807, 2.05) is 24.3 Å². The Kier molecular flexibility index (Phi) is 5.73. The van der Waals surface area contributed by atoms with E-state index in [2.05, 4.69) is 52.5 Å². The molecule has 1 heterocycles. The zero-order chi connectivity index (χ0) is 18.7. The topological polar surface area (TPSA) is 58.2 Å². The maximum absolute atomic E-state index is 12.5. The third-order valence-corrected chi connectivity index (χ3v) is 5.88. The summed E-state index contributed by atoms with van der Waals surface area (Å²) in [6.45, 7) is 4.78.